The van der Waals surface area contributed by atoms with Crippen LogP contribution in [0.25, 0.3) is 0 Å². The molecule has 0 spiro atoms. The molecule has 0 aliphatic heterocycles. The summed E-state index contributed by atoms with van der Waals surface area (Å²) in [5, 5.41) is 2.70. The van der Waals surface area contributed by atoms with Gasteiger partial charge in [0.25, 0.3) is 5.91 Å². The Kier molecular flexibility index (Phi) is 4.86. The first-order valence-electron chi connectivity index (χ1n) is 5.01. The summed E-state index contributed by atoms with van der Waals surface area (Å²) in [7, 11) is 0. The van der Waals surface area contributed by atoms with Gasteiger partial charge in [0.1, 0.15) is 12.4 Å². The highest BCUT2D eigenvalue weighted by atomic mass is 16.5. The normalized spacial score (nSPS) is 9.25. The van der Waals surface area contributed by atoms with Crippen LogP contribution in [0.3, 0.4) is 0 Å². The molecule has 3 heteroatoms. The van der Waals surface area contributed by atoms with E-state index >= 15 is 0 Å². The van der Waals surface area contributed by atoms with Gasteiger partial charge in [-0.1, -0.05) is 30.9 Å². The maximum Gasteiger partial charge on any atom is 0.255 e. The molecule has 0 aliphatic rings. The zero-order valence-corrected chi connectivity index (χ0v) is 9.11. The maximum atomic E-state index is 11.7. The van der Waals surface area contributed by atoms with Crippen molar-refractivity contribution in [1.29, 1.82) is 0 Å². The van der Waals surface area contributed by atoms with Crippen LogP contribution in [0.15, 0.2) is 49.6 Å². The molecule has 0 saturated carbocycles. The fraction of sp³-hybridized carbons (Fsp3) is 0.154. The van der Waals surface area contributed by atoms with Gasteiger partial charge in [0, 0.05) is 6.54 Å². The van der Waals surface area contributed by atoms with Crippen molar-refractivity contribution in [1.82, 2.24) is 5.32 Å². The van der Waals surface area contributed by atoms with E-state index in [0.717, 1.165) is 0 Å². The number of carbonyl (C=O) groups is 1. The molecule has 1 N–H and O–H groups in total. The molecule has 1 rings (SSSR count). The van der Waals surface area contributed by atoms with Gasteiger partial charge in [0.05, 0.1) is 5.56 Å². The van der Waals surface area contributed by atoms with Crippen molar-refractivity contribution in [2.45, 2.75) is 0 Å². The number of rotatable bonds is 6. The third kappa shape index (κ3) is 3.28. The average molecular weight is 217 g/mol. The van der Waals surface area contributed by atoms with E-state index in [1.807, 2.05) is 6.07 Å². The van der Waals surface area contributed by atoms with Crippen LogP contribution < -0.4 is 10.1 Å². The third-order valence-electron chi connectivity index (χ3n) is 1.90. The highest BCUT2D eigenvalue weighted by Gasteiger charge is 2.10. The molecule has 1 amide bonds. The first kappa shape index (κ1) is 12.0. The van der Waals surface area contributed by atoms with Crippen molar-refractivity contribution in [2.24, 2.45) is 0 Å². The fourth-order valence-corrected chi connectivity index (χ4v) is 1.19. The minimum Gasteiger partial charge on any atom is -0.489 e. The fourth-order valence-electron chi connectivity index (χ4n) is 1.19. The van der Waals surface area contributed by atoms with Crippen molar-refractivity contribution < 1.29 is 9.53 Å². The number of hydrogen-bond acceptors (Lipinski definition) is 2. The Hall–Kier alpha value is -2.03. The lowest BCUT2D eigenvalue weighted by Crippen LogP contribution is -2.23. The summed E-state index contributed by atoms with van der Waals surface area (Å²) in [5.74, 6) is 0.392. The van der Waals surface area contributed by atoms with Crippen molar-refractivity contribution in [3.8, 4) is 5.75 Å². The van der Waals surface area contributed by atoms with E-state index in [0.29, 0.717) is 24.5 Å². The molecule has 0 aromatic heterocycles. The van der Waals surface area contributed by atoms with E-state index in [2.05, 4.69) is 18.5 Å². The summed E-state index contributed by atoms with van der Waals surface area (Å²) in [6.45, 7) is 7.92. The summed E-state index contributed by atoms with van der Waals surface area (Å²) in [5.41, 5.74) is 0.520. The maximum absolute atomic E-state index is 11.7. The molecule has 0 bridgehead atoms. The highest BCUT2D eigenvalue weighted by Crippen LogP contribution is 2.17. The number of benzene rings is 1. The molecule has 0 atom stereocenters. The number of ether oxygens (including phenoxy) is 1. The summed E-state index contributed by atoms with van der Waals surface area (Å²) in [6.07, 6.45) is 3.27. The second-order valence-corrected chi connectivity index (χ2v) is 3.09. The standard InChI is InChI=1S/C13H15NO2/c1-3-9-14-13(15)11-7-5-6-8-12(11)16-10-4-2/h3-8H,1-2,9-10H2,(H,14,15). The van der Waals surface area contributed by atoms with Gasteiger partial charge in [-0.2, -0.15) is 0 Å². The largest absolute Gasteiger partial charge is 0.489 e. The van der Waals surface area contributed by atoms with Gasteiger partial charge in [-0.15, -0.1) is 6.58 Å². The molecule has 1 aromatic carbocycles. The molecule has 0 radical (unpaired) electrons. The average Bonchev–Trinajstić information content (AvgIpc) is 2.33. The second kappa shape index (κ2) is 6.45. The molecule has 16 heavy (non-hydrogen) atoms. The molecular formula is C13H15NO2. The predicted octanol–water partition coefficient (Wildman–Crippen LogP) is 2.17. The van der Waals surface area contributed by atoms with E-state index in [1.165, 1.54) is 0 Å². The van der Waals surface area contributed by atoms with Crippen LogP contribution in [0.5, 0.6) is 5.75 Å². The number of para-hydroxylation sites is 1. The van der Waals surface area contributed by atoms with Crippen LogP contribution in [-0.4, -0.2) is 19.1 Å². The minimum absolute atomic E-state index is 0.167. The van der Waals surface area contributed by atoms with Crippen molar-refractivity contribution in [2.75, 3.05) is 13.2 Å². The third-order valence-corrected chi connectivity index (χ3v) is 1.90. The summed E-state index contributed by atoms with van der Waals surface area (Å²) in [4.78, 5) is 11.7. The zero-order chi connectivity index (χ0) is 11.8. The number of nitrogens with one attached hydrogen (secondary N) is 1. The number of amides is 1. The van der Waals surface area contributed by atoms with Gasteiger partial charge in [-0.3, -0.25) is 4.79 Å². The van der Waals surface area contributed by atoms with Gasteiger partial charge < -0.3 is 10.1 Å². The lowest BCUT2D eigenvalue weighted by Gasteiger charge is -2.09. The Bertz CT molecular complexity index is 385. The number of carbonyl (C=O) groups excluding carboxylic acids is 1. The van der Waals surface area contributed by atoms with Crippen LogP contribution in [-0.2, 0) is 0 Å². The Labute approximate surface area is 95.4 Å². The Morgan fingerprint density at radius 1 is 1.31 bits per heavy atom. The molecule has 0 aliphatic carbocycles. The lowest BCUT2D eigenvalue weighted by molar-refractivity contribution is 0.0954. The zero-order valence-electron chi connectivity index (χ0n) is 9.11. The summed E-state index contributed by atoms with van der Waals surface area (Å²) in [6, 6.07) is 7.09. The molecule has 0 saturated heterocycles. The van der Waals surface area contributed by atoms with Gasteiger partial charge >= 0.3 is 0 Å². The molecule has 0 heterocycles. The van der Waals surface area contributed by atoms with Gasteiger partial charge in [-0.25, -0.2) is 0 Å². The topological polar surface area (TPSA) is 38.3 Å². The van der Waals surface area contributed by atoms with Crippen LogP contribution in [0.2, 0.25) is 0 Å². The van der Waals surface area contributed by atoms with Gasteiger partial charge in [0.2, 0.25) is 0 Å². The summed E-state index contributed by atoms with van der Waals surface area (Å²) < 4.78 is 5.38. The van der Waals surface area contributed by atoms with Gasteiger partial charge in [-0.05, 0) is 12.1 Å². The second-order valence-electron chi connectivity index (χ2n) is 3.09. The van der Waals surface area contributed by atoms with Crippen molar-refractivity contribution in [3.63, 3.8) is 0 Å². The molecule has 0 fully saturated rings. The van der Waals surface area contributed by atoms with Crippen molar-refractivity contribution in [3.05, 3.63) is 55.1 Å². The number of hydrogen-bond donors (Lipinski definition) is 1. The Morgan fingerprint density at radius 3 is 2.75 bits per heavy atom. The van der Waals surface area contributed by atoms with Crippen LogP contribution in [0, 0.1) is 0 Å². The summed E-state index contributed by atoms with van der Waals surface area (Å²) >= 11 is 0. The minimum atomic E-state index is -0.167. The Balaban J connectivity index is 2.80. The predicted molar refractivity (Wildman–Crippen MR) is 64.7 cm³/mol. The van der Waals surface area contributed by atoms with Crippen LogP contribution >= 0.6 is 0 Å². The van der Waals surface area contributed by atoms with Crippen LogP contribution in [0.4, 0.5) is 0 Å². The molecule has 84 valence electrons. The van der Waals surface area contributed by atoms with E-state index < -0.39 is 0 Å². The first-order valence-corrected chi connectivity index (χ1v) is 5.01. The van der Waals surface area contributed by atoms with E-state index in [4.69, 9.17) is 4.74 Å². The van der Waals surface area contributed by atoms with E-state index in [9.17, 15) is 4.79 Å². The SMILES string of the molecule is C=CCNC(=O)c1ccccc1OCC=C. The van der Waals surface area contributed by atoms with Crippen LogP contribution in [0.1, 0.15) is 10.4 Å². The van der Waals surface area contributed by atoms with Gasteiger partial charge in [0.15, 0.2) is 0 Å². The molecule has 1 aromatic rings. The highest BCUT2D eigenvalue weighted by molar-refractivity contribution is 5.96. The van der Waals surface area contributed by atoms with Crippen molar-refractivity contribution >= 4 is 5.91 Å². The Morgan fingerprint density at radius 2 is 2.06 bits per heavy atom. The monoisotopic (exact) mass is 217 g/mol. The smallest absolute Gasteiger partial charge is 0.255 e. The quantitative estimate of drug-likeness (QED) is 0.741. The molecule has 0 unspecified atom stereocenters. The lowest BCUT2D eigenvalue weighted by atomic mass is 10.2. The molecular weight excluding hydrogens is 202 g/mol. The first-order chi connectivity index (χ1) is 7.79. The van der Waals surface area contributed by atoms with E-state index in [-0.39, 0.29) is 5.91 Å². The van der Waals surface area contributed by atoms with E-state index in [1.54, 1.807) is 30.4 Å². The molecule has 3 nitrogen and oxygen atoms in total.